The van der Waals surface area contributed by atoms with Crippen molar-refractivity contribution in [3.8, 4) is 0 Å². The summed E-state index contributed by atoms with van der Waals surface area (Å²) in [4.78, 5) is 20.4. The van der Waals surface area contributed by atoms with Gasteiger partial charge in [-0.05, 0) is 25.8 Å². The van der Waals surface area contributed by atoms with E-state index in [4.69, 9.17) is 9.36 Å². The molecule has 8 heteroatoms. The summed E-state index contributed by atoms with van der Waals surface area (Å²) in [6, 6.07) is 3.97. The zero-order valence-electron chi connectivity index (χ0n) is 14.4. The first kappa shape index (κ1) is 16.3. The summed E-state index contributed by atoms with van der Waals surface area (Å²) in [5.41, 5.74) is 2.03. The van der Waals surface area contributed by atoms with Crippen molar-refractivity contribution in [1.82, 2.24) is 24.9 Å². The van der Waals surface area contributed by atoms with Crippen LogP contribution in [-0.2, 0) is 22.7 Å². The highest BCUT2D eigenvalue weighted by Gasteiger charge is 2.30. The van der Waals surface area contributed by atoms with Crippen molar-refractivity contribution in [2.24, 2.45) is 0 Å². The summed E-state index contributed by atoms with van der Waals surface area (Å²) in [5, 5.41) is 10.0. The van der Waals surface area contributed by atoms with Crippen LogP contribution in [0.5, 0.6) is 0 Å². The lowest BCUT2D eigenvalue weighted by Crippen LogP contribution is -2.42. The number of nitrogens with zero attached hydrogens (tertiary/aromatic N) is 5. The fourth-order valence-electron chi connectivity index (χ4n) is 3.55. The monoisotopic (exact) mass is 345 g/mol. The average Bonchev–Trinajstić information content (AvgIpc) is 3.24. The van der Waals surface area contributed by atoms with Crippen LogP contribution in [0.1, 0.15) is 42.5 Å². The van der Waals surface area contributed by atoms with E-state index >= 15 is 0 Å². The van der Waals surface area contributed by atoms with Gasteiger partial charge in [0.2, 0.25) is 5.91 Å². The van der Waals surface area contributed by atoms with Crippen LogP contribution in [0.15, 0.2) is 22.9 Å². The Morgan fingerprint density at radius 1 is 1.40 bits per heavy atom. The number of aryl methyl sites for hydroxylation is 1. The number of hydrogen-bond acceptors (Lipinski definition) is 6. The van der Waals surface area contributed by atoms with Gasteiger partial charge in [0.25, 0.3) is 0 Å². The van der Waals surface area contributed by atoms with Crippen LogP contribution >= 0.6 is 0 Å². The molecule has 2 aliphatic heterocycles. The Labute approximate surface area is 146 Å². The van der Waals surface area contributed by atoms with Crippen LogP contribution in [0.4, 0.5) is 0 Å². The van der Waals surface area contributed by atoms with Crippen LogP contribution < -0.4 is 0 Å². The number of carbonyl (C=O) groups is 1. The summed E-state index contributed by atoms with van der Waals surface area (Å²) >= 11 is 0. The minimum atomic E-state index is 0.00442. The molecule has 4 heterocycles. The second kappa shape index (κ2) is 6.97. The number of carbonyl (C=O) groups excluding carboxylic acids is 1. The Morgan fingerprint density at radius 3 is 3.08 bits per heavy atom. The lowest BCUT2D eigenvalue weighted by Gasteiger charge is -2.34. The van der Waals surface area contributed by atoms with Crippen molar-refractivity contribution < 1.29 is 14.2 Å². The lowest BCUT2D eigenvalue weighted by molar-refractivity contribution is -0.198. The van der Waals surface area contributed by atoms with E-state index in [1.54, 1.807) is 6.20 Å². The highest BCUT2D eigenvalue weighted by Crippen LogP contribution is 2.25. The molecular weight excluding hydrogens is 322 g/mol. The molecule has 25 heavy (non-hydrogen) atoms. The molecule has 2 aromatic heterocycles. The smallest absolute Gasteiger partial charge is 0.248 e. The van der Waals surface area contributed by atoms with Crippen molar-refractivity contribution in [1.29, 1.82) is 0 Å². The topological polar surface area (TPSA) is 76.6 Å². The van der Waals surface area contributed by atoms with Gasteiger partial charge in [-0.15, -0.1) is 0 Å². The molecule has 4 rings (SSSR count). The fourth-order valence-corrected chi connectivity index (χ4v) is 3.55. The van der Waals surface area contributed by atoms with E-state index in [9.17, 15) is 4.79 Å². The maximum atomic E-state index is 12.6. The van der Waals surface area contributed by atoms with E-state index in [-0.39, 0.29) is 11.9 Å². The van der Waals surface area contributed by atoms with Gasteiger partial charge < -0.3 is 4.52 Å². The summed E-state index contributed by atoms with van der Waals surface area (Å²) in [7, 11) is 0. The van der Waals surface area contributed by atoms with Crippen molar-refractivity contribution in [3.05, 3.63) is 35.5 Å². The molecule has 0 unspecified atom stereocenters. The third-order valence-electron chi connectivity index (χ3n) is 4.71. The third kappa shape index (κ3) is 3.59. The van der Waals surface area contributed by atoms with Gasteiger partial charge in [-0.1, -0.05) is 5.16 Å². The van der Waals surface area contributed by atoms with E-state index in [1.165, 1.54) is 5.06 Å². The number of hydrogen-bond donors (Lipinski definition) is 0. The summed E-state index contributed by atoms with van der Waals surface area (Å²) < 4.78 is 7.14. The average molecular weight is 345 g/mol. The van der Waals surface area contributed by atoms with Crippen LogP contribution in [0.25, 0.3) is 0 Å². The van der Waals surface area contributed by atoms with E-state index in [0.29, 0.717) is 26.1 Å². The molecule has 2 aromatic rings. The third-order valence-corrected chi connectivity index (χ3v) is 4.71. The number of fused-ring (bicyclic) bond motifs is 1. The number of hydroxylamine groups is 2. The SMILES string of the molecule is Cc1cc(CN2Cc3ccnn3[C@H](CC(=O)N3CCCCO3)C2)no1. The first-order valence-electron chi connectivity index (χ1n) is 8.79. The van der Waals surface area contributed by atoms with Gasteiger partial charge >= 0.3 is 0 Å². The molecule has 0 radical (unpaired) electrons. The predicted molar refractivity (Wildman–Crippen MR) is 88.1 cm³/mol. The van der Waals surface area contributed by atoms with E-state index in [0.717, 1.165) is 43.1 Å². The molecule has 0 spiro atoms. The molecule has 1 atom stereocenters. The van der Waals surface area contributed by atoms with E-state index in [2.05, 4.69) is 15.2 Å². The van der Waals surface area contributed by atoms with Gasteiger partial charge in [0.05, 0.1) is 30.5 Å². The van der Waals surface area contributed by atoms with Gasteiger partial charge in [0.1, 0.15) is 5.76 Å². The Hall–Kier alpha value is -2.19. The molecule has 0 saturated carbocycles. The van der Waals surface area contributed by atoms with Crippen LogP contribution in [0, 0.1) is 6.92 Å². The van der Waals surface area contributed by atoms with Gasteiger partial charge in [0.15, 0.2) is 0 Å². The molecule has 0 bridgehead atoms. The Balaban J connectivity index is 1.45. The van der Waals surface area contributed by atoms with Gasteiger partial charge in [-0.25, -0.2) is 5.06 Å². The Morgan fingerprint density at radius 2 is 2.32 bits per heavy atom. The van der Waals surface area contributed by atoms with Crippen molar-refractivity contribution in [2.75, 3.05) is 19.7 Å². The number of amides is 1. The molecular formula is C17H23N5O3. The standard InChI is InChI=1S/C17H23N5O3/c1-13-8-14(19-25-13)10-20-11-15-4-5-18-22(15)16(12-20)9-17(23)21-6-2-3-7-24-21/h4-5,8,16H,2-3,6-7,9-12H2,1H3/t16-/m1/s1. The quantitative estimate of drug-likeness (QED) is 0.839. The normalized spacial score (nSPS) is 21.3. The molecule has 2 aliphatic rings. The van der Waals surface area contributed by atoms with E-state index in [1.807, 2.05) is 23.7 Å². The number of aromatic nitrogens is 3. The summed E-state index contributed by atoms with van der Waals surface area (Å²) in [6.45, 7) is 5.44. The molecule has 1 fully saturated rings. The van der Waals surface area contributed by atoms with Gasteiger partial charge in [-0.2, -0.15) is 5.10 Å². The van der Waals surface area contributed by atoms with Crippen molar-refractivity contribution in [2.45, 2.75) is 45.3 Å². The largest absolute Gasteiger partial charge is 0.361 e. The molecule has 0 N–H and O–H groups in total. The second-order valence-electron chi connectivity index (χ2n) is 6.76. The molecule has 1 saturated heterocycles. The van der Waals surface area contributed by atoms with Gasteiger partial charge in [-0.3, -0.25) is 19.2 Å². The lowest BCUT2D eigenvalue weighted by atomic mass is 10.1. The maximum Gasteiger partial charge on any atom is 0.248 e. The van der Waals surface area contributed by atoms with Crippen LogP contribution in [0.2, 0.25) is 0 Å². The summed E-state index contributed by atoms with van der Waals surface area (Å²) in [6.07, 6.45) is 4.21. The van der Waals surface area contributed by atoms with Crippen LogP contribution in [0.3, 0.4) is 0 Å². The predicted octanol–water partition coefficient (Wildman–Crippen LogP) is 1.68. The molecule has 8 nitrogen and oxygen atoms in total. The maximum absolute atomic E-state index is 12.6. The fraction of sp³-hybridized carbons (Fsp3) is 0.588. The Bertz CT molecular complexity index is 734. The first-order chi connectivity index (χ1) is 12.2. The highest BCUT2D eigenvalue weighted by atomic mass is 16.7. The highest BCUT2D eigenvalue weighted by molar-refractivity contribution is 5.75. The minimum absolute atomic E-state index is 0.00442. The van der Waals surface area contributed by atoms with Crippen molar-refractivity contribution in [3.63, 3.8) is 0 Å². The van der Waals surface area contributed by atoms with Gasteiger partial charge in [0, 0.05) is 38.4 Å². The summed E-state index contributed by atoms with van der Waals surface area (Å²) in [5.74, 6) is 0.844. The van der Waals surface area contributed by atoms with Crippen LogP contribution in [-0.4, -0.2) is 50.5 Å². The zero-order chi connectivity index (χ0) is 17.2. The van der Waals surface area contributed by atoms with E-state index < -0.39 is 0 Å². The molecule has 0 aliphatic carbocycles. The first-order valence-corrected chi connectivity index (χ1v) is 8.79. The second-order valence-corrected chi connectivity index (χ2v) is 6.76. The minimum Gasteiger partial charge on any atom is -0.361 e. The number of rotatable bonds is 4. The molecule has 0 aromatic carbocycles. The molecule has 1 amide bonds. The zero-order valence-corrected chi connectivity index (χ0v) is 14.4. The van der Waals surface area contributed by atoms with Crippen molar-refractivity contribution >= 4 is 5.91 Å². The Kier molecular flexibility index (Phi) is 4.54. The molecule has 134 valence electrons.